The van der Waals surface area contributed by atoms with Gasteiger partial charge in [-0.25, -0.2) is 18.4 Å². The van der Waals surface area contributed by atoms with Crippen LogP contribution in [0.15, 0.2) is 0 Å². The Hall–Kier alpha value is -1.24. The maximum Gasteiger partial charge on any atom is 0.341 e. The van der Waals surface area contributed by atoms with E-state index in [1.54, 1.807) is 0 Å². The third-order valence-corrected chi connectivity index (χ3v) is 13.4. The molecule has 1 aliphatic heterocycles. The normalized spacial score (nSPS) is 16.6. The molecule has 350 valence electrons. The van der Waals surface area contributed by atoms with Gasteiger partial charge in [-0.1, -0.05) is 233 Å². The molecule has 0 aromatic carbocycles. The fourth-order valence-corrected chi connectivity index (χ4v) is 9.14. The van der Waals surface area contributed by atoms with Crippen molar-refractivity contribution in [2.75, 3.05) is 26.3 Å². The maximum absolute atomic E-state index is 15.9. The van der Waals surface area contributed by atoms with Crippen molar-refractivity contribution in [3.05, 3.63) is 0 Å². The summed E-state index contributed by atoms with van der Waals surface area (Å²) in [5.74, 6) is -2.28. The molecule has 1 saturated heterocycles. The minimum Gasteiger partial charge on any atom is -0.463 e. The number of hydrogen-bond donors (Lipinski definition) is 1. The molecule has 0 saturated carbocycles. The van der Waals surface area contributed by atoms with Gasteiger partial charge < -0.3 is 14.8 Å². The molecule has 1 fully saturated rings. The summed E-state index contributed by atoms with van der Waals surface area (Å²) in [4.78, 5) is 26.3. The van der Waals surface area contributed by atoms with E-state index in [4.69, 9.17) is 9.47 Å². The number of hydrogen-bond acceptors (Lipinski definition) is 5. The highest BCUT2D eigenvalue weighted by Gasteiger charge is 2.35. The Labute approximate surface area is 365 Å². The van der Waals surface area contributed by atoms with Gasteiger partial charge in [0.15, 0.2) is 12.3 Å². The molecule has 1 aliphatic rings. The smallest absolute Gasteiger partial charge is 0.341 e. The summed E-state index contributed by atoms with van der Waals surface area (Å²) < 4.78 is 43.1. The van der Waals surface area contributed by atoms with Crippen molar-refractivity contribution < 1.29 is 27.8 Å². The van der Waals surface area contributed by atoms with E-state index >= 15 is 8.78 Å². The summed E-state index contributed by atoms with van der Waals surface area (Å²) in [5, 5.41) is 3.33. The Balaban J connectivity index is 2.63. The fourth-order valence-electron chi connectivity index (χ4n) is 9.14. The molecule has 7 heteroatoms. The Bertz CT molecular complexity index is 824. The molecule has 0 spiro atoms. The maximum atomic E-state index is 15.9. The monoisotopic (exact) mass is 840 g/mol. The molecule has 0 aromatic heterocycles. The van der Waals surface area contributed by atoms with Crippen LogP contribution >= 0.6 is 0 Å². The van der Waals surface area contributed by atoms with Crippen molar-refractivity contribution in [2.24, 2.45) is 23.7 Å². The lowest BCUT2D eigenvalue weighted by Gasteiger charge is -2.24. The van der Waals surface area contributed by atoms with E-state index in [0.717, 1.165) is 77.0 Å². The zero-order valence-electron chi connectivity index (χ0n) is 39.6. The third kappa shape index (κ3) is 30.5. The third-order valence-electron chi connectivity index (χ3n) is 13.4. The molecule has 4 atom stereocenters. The highest BCUT2D eigenvalue weighted by molar-refractivity contribution is 5.75. The number of unbranched alkanes of at least 4 members (excludes halogenated alkanes) is 28. The first-order valence-corrected chi connectivity index (χ1v) is 26.2. The highest BCUT2D eigenvalue weighted by atomic mass is 19.1. The topological polar surface area (TPSA) is 64.6 Å². The SMILES string of the molecule is CCCCCCCCCCC(CCCCCCCCCC)C(F)C(=O)OCC1CNCC1COC(=O)C(F)C(CCCCCCCCCC)CCCCCCCCCC. The number of carbonyl (C=O) groups excluding carboxylic acids is 2. The molecule has 4 unspecified atom stereocenters. The zero-order chi connectivity index (χ0) is 43.0. The standard InChI is InChI=1S/C52H99F2NO4/c1-5-9-13-17-21-25-29-33-37-45(38-34-30-26-22-18-14-10-6-2)49(53)51(56)58-43-47-41-55-42-48(47)44-59-52(57)50(54)46(39-35-31-27-23-19-15-11-7-3)40-36-32-28-24-20-16-12-8-4/h45-50,55H,5-44H2,1-4H3. The van der Waals surface area contributed by atoms with Crippen molar-refractivity contribution in [1.82, 2.24) is 5.32 Å². The van der Waals surface area contributed by atoms with Crippen LogP contribution in [0.2, 0.25) is 0 Å². The molecule has 5 nitrogen and oxygen atoms in total. The van der Waals surface area contributed by atoms with Crippen molar-refractivity contribution in [2.45, 2.75) is 271 Å². The van der Waals surface area contributed by atoms with E-state index in [1.165, 1.54) is 154 Å². The lowest BCUT2D eigenvalue weighted by molar-refractivity contribution is -0.157. The first-order valence-electron chi connectivity index (χ1n) is 26.2. The summed E-state index contributed by atoms with van der Waals surface area (Å²) in [6.07, 6.45) is 38.0. The van der Waals surface area contributed by atoms with Crippen LogP contribution in [0, 0.1) is 23.7 Å². The molecular weight excluding hydrogens is 741 g/mol. The Morgan fingerprint density at radius 3 is 0.864 bits per heavy atom. The molecule has 1 N–H and O–H groups in total. The van der Waals surface area contributed by atoms with Crippen LogP contribution in [0.3, 0.4) is 0 Å². The zero-order valence-corrected chi connectivity index (χ0v) is 39.6. The predicted molar refractivity (Wildman–Crippen MR) is 247 cm³/mol. The van der Waals surface area contributed by atoms with Gasteiger partial charge in [0, 0.05) is 36.8 Å². The minimum absolute atomic E-state index is 0.0925. The summed E-state index contributed by atoms with van der Waals surface area (Å²) in [5.41, 5.74) is 0. The Kier molecular flexibility index (Phi) is 38.6. The van der Waals surface area contributed by atoms with Gasteiger partial charge in [-0.2, -0.15) is 0 Å². The van der Waals surface area contributed by atoms with Gasteiger partial charge >= 0.3 is 11.9 Å². The average molecular weight is 840 g/mol. The fraction of sp³-hybridized carbons (Fsp3) is 0.962. The first kappa shape index (κ1) is 55.8. The number of ether oxygens (including phenoxy) is 2. The predicted octanol–water partition coefficient (Wildman–Crippen LogP) is 15.9. The lowest BCUT2D eigenvalue weighted by Crippen LogP contribution is -2.33. The first-order chi connectivity index (χ1) is 28.9. The van der Waals surface area contributed by atoms with Crippen LogP contribution in [0.5, 0.6) is 0 Å². The molecule has 0 aromatic rings. The minimum atomic E-state index is -1.61. The molecule has 0 amide bonds. The Morgan fingerprint density at radius 2 is 0.627 bits per heavy atom. The summed E-state index contributed by atoms with van der Waals surface area (Å²) in [6.45, 7) is 10.3. The summed E-state index contributed by atoms with van der Waals surface area (Å²) in [6, 6.07) is 0. The highest BCUT2D eigenvalue weighted by Crippen LogP contribution is 2.28. The molecule has 1 heterocycles. The second-order valence-electron chi connectivity index (χ2n) is 18.8. The van der Waals surface area contributed by atoms with Gasteiger partial charge in [0.2, 0.25) is 0 Å². The number of nitrogens with one attached hydrogen (secondary N) is 1. The second kappa shape index (κ2) is 40.8. The second-order valence-corrected chi connectivity index (χ2v) is 18.8. The summed E-state index contributed by atoms with van der Waals surface area (Å²) in [7, 11) is 0. The number of alkyl halides is 2. The van der Waals surface area contributed by atoms with Gasteiger partial charge in [-0.15, -0.1) is 0 Å². The quantitative estimate of drug-likeness (QED) is 0.0489. The van der Waals surface area contributed by atoms with E-state index in [0.29, 0.717) is 13.1 Å². The van der Waals surface area contributed by atoms with E-state index in [-0.39, 0.29) is 36.9 Å². The number of halogens is 2. The molecular formula is C52H99F2NO4. The molecule has 1 rings (SSSR count). The van der Waals surface area contributed by atoms with Gasteiger partial charge in [0.25, 0.3) is 0 Å². The van der Waals surface area contributed by atoms with Crippen LogP contribution in [-0.2, 0) is 19.1 Å². The largest absolute Gasteiger partial charge is 0.463 e. The van der Waals surface area contributed by atoms with Crippen molar-refractivity contribution >= 4 is 11.9 Å². The van der Waals surface area contributed by atoms with Gasteiger partial charge in [0.1, 0.15) is 0 Å². The van der Waals surface area contributed by atoms with E-state index in [1.807, 2.05) is 0 Å². The van der Waals surface area contributed by atoms with Crippen LogP contribution in [0.4, 0.5) is 8.78 Å². The molecule has 0 aliphatic carbocycles. The van der Waals surface area contributed by atoms with Gasteiger partial charge in [-0.3, -0.25) is 0 Å². The van der Waals surface area contributed by atoms with Crippen molar-refractivity contribution in [3.63, 3.8) is 0 Å². The van der Waals surface area contributed by atoms with Crippen LogP contribution in [0.1, 0.15) is 259 Å². The van der Waals surface area contributed by atoms with E-state index in [2.05, 4.69) is 33.0 Å². The summed E-state index contributed by atoms with van der Waals surface area (Å²) >= 11 is 0. The van der Waals surface area contributed by atoms with Crippen LogP contribution in [0.25, 0.3) is 0 Å². The molecule has 0 bridgehead atoms. The number of carbonyl (C=O) groups is 2. The van der Waals surface area contributed by atoms with E-state index < -0.39 is 24.3 Å². The van der Waals surface area contributed by atoms with Crippen molar-refractivity contribution in [3.8, 4) is 0 Å². The average Bonchev–Trinajstić information content (AvgIpc) is 3.70. The Morgan fingerprint density at radius 1 is 0.407 bits per heavy atom. The van der Waals surface area contributed by atoms with Gasteiger partial charge in [-0.05, 0) is 25.7 Å². The van der Waals surface area contributed by atoms with Gasteiger partial charge in [0.05, 0.1) is 13.2 Å². The van der Waals surface area contributed by atoms with Crippen molar-refractivity contribution in [1.29, 1.82) is 0 Å². The number of rotatable bonds is 44. The molecule has 0 radical (unpaired) electrons. The molecule has 59 heavy (non-hydrogen) atoms. The van der Waals surface area contributed by atoms with Crippen LogP contribution < -0.4 is 5.32 Å². The lowest BCUT2D eigenvalue weighted by atomic mass is 9.90. The van der Waals surface area contributed by atoms with E-state index in [9.17, 15) is 9.59 Å². The number of esters is 2. The van der Waals surface area contributed by atoms with Crippen LogP contribution in [-0.4, -0.2) is 50.6 Å².